The van der Waals surface area contributed by atoms with Crippen LogP contribution in [0, 0.1) is 5.82 Å². The first-order valence-electron chi connectivity index (χ1n) is 6.00. The molecule has 0 amide bonds. The molecule has 1 aliphatic rings. The molecular weight excluding hydrogens is 203 g/mol. The first kappa shape index (κ1) is 11.6. The minimum absolute atomic E-state index is 0.115. The molecule has 2 N–H and O–H groups in total. The Morgan fingerprint density at radius 3 is 2.50 bits per heavy atom. The van der Waals surface area contributed by atoms with E-state index in [1.54, 1.807) is 6.07 Å². The van der Waals surface area contributed by atoms with Crippen molar-refractivity contribution in [3.63, 3.8) is 0 Å². The SMILES string of the molecule is NCc1cccc(CN2CCCCC2)c1F. The molecule has 0 atom stereocenters. The van der Waals surface area contributed by atoms with Gasteiger partial charge in [-0.3, -0.25) is 4.90 Å². The van der Waals surface area contributed by atoms with E-state index in [9.17, 15) is 4.39 Å². The van der Waals surface area contributed by atoms with Crippen LogP contribution in [-0.4, -0.2) is 18.0 Å². The maximum atomic E-state index is 13.9. The van der Waals surface area contributed by atoms with Gasteiger partial charge in [0, 0.05) is 24.2 Å². The van der Waals surface area contributed by atoms with Gasteiger partial charge in [-0.1, -0.05) is 24.6 Å². The van der Waals surface area contributed by atoms with Gasteiger partial charge in [0.2, 0.25) is 0 Å². The quantitative estimate of drug-likeness (QED) is 0.850. The van der Waals surface area contributed by atoms with E-state index in [4.69, 9.17) is 5.73 Å². The number of likely N-dealkylation sites (tertiary alicyclic amines) is 1. The lowest BCUT2D eigenvalue weighted by molar-refractivity contribution is 0.218. The number of benzene rings is 1. The lowest BCUT2D eigenvalue weighted by Gasteiger charge is -2.26. The van der Waals surface area contributed by atoms with Crippen LogP contribution < -0.4 is 5.73 Å². The molecule has 1 aliphatic heterocycles. The molecule has 88 valence electrons. The summed E-state index contributed by atoms with van der Waals surface area (Å²) in [5.41, 5.74) is 6.90. The normalized spacial score (nSPS) is 17.6. The van der Waals surface area contributed by atoms with Crippen LogP contribution in [-0.2, 0) is 13.1 Å². The second-order valence-corrected chi connectivity index (χ2v) is 4.43. The van der Waals surface area contributed by atoms with Gasteiger partial charge in [0.15, 0.2) is 0 Å². The molecule has 0 radical (unpaired) electrons. The Morgan fingerprint density at radius 2 is 1.81 bits per heavy atom. The third kappa shape index (κ3) is 2.60. The number of nitrogens with two attached hydrogens (primary N) is 1. The second kappa shape index (κ2) is 5.41. The summed E-state index contributed by atoms with van der Waals surface area (Å²) in [6, 6.07) is 5.52. The molecule has 1 aromatic carbocycles. The number of nitrogens with zero attached hydrogens (tertiary/aromatic N) is 1. The van der Waals surface area contributed by atoms with Crippen LogP contribution in [0.3, 0.4) is 0 Å². The minimum atomic E-state index is -0.115. The fourth-order valence-corrected chi connectivity index (χ4v) is 2.27. The van der Waals surface area contributed by atoms with Gasteiger partial charge in [0.25, 0.3) is 0 Å². The summed E-state index contributed by atoms with van der Waals surface area (Å²) >= 11 is 0. The van der Waals surface area contributed by atoms with E-state index in [-0.39, 0.29) is 12.4 Å². The van der Waals surface area contributed by atoms with Gasteiger partial charge >= 0.3 is 0 Å². The molecule has 0 spiro atoms. The lowest BCUT2D eigenvalue weighted by atomic mass is 10.1. The zero-order valence-electron chi connectivity index (χ0n) is 9.58. The number of halogens is 1. The fourth-order valence-electron chi connectivity index (χ4n) is 2.27. The van der Waals surface area contributed by atoms with Gasteiger partial charge in [-0.05, 0) is 25.9 Å². The standard InChI is InChI=1S/C13H19FN2/c14-13-11(9-15)5-4-6-12(13)10-16-7-2-1-3-8-16/h4-6H,1-3,7-10,15H2. The largest absolute Gasteiger partial charge is 0.326 e. The van der Waals surface area contributed by atoms with E-state index in [0.29, 0.717) is 5.56 Å². The molecule has 3 heteroatoms. The van der Waals surface area contributed by atoms with Crippen molar-refractivity contribution in [1.82, 2.24) is 4.90 Å². The second-order valence-electron chi connectivity index (χ2n) is 4.43. The van der Waals surface area contributed by atoms with Gasteiger partial charge in [0.05, 0.1) is 0 Å². The topological polar surface area (TPSA) is 29.3 Å². The molecule has 1 heterocycles. The first-order chi connectivity index (χ1) is 7.81. The van der Waals surface area contributed by atoms with Crippen LogP contribution in [0.15, 0.2) is 18.2 Å². The number of hydrogen-bond donors (Lipinski definition) is 1. The molecule has 1 fully saturated rings. The Hall–Kier alpha value is -0.930. The zero-order chi connectivity index (χ0) is 11.4. The Labute approximate surface area is 96.2 Å². The average molecular weight is 222 g/mol. The summed E-state index contributed by atoms with van der Waals surface area (Å²) in [6.07, 6.45) is 3.78. The Kier molecular flexibility index (Phi) is 3.91. The van der Waals surface area contributed by atoms with Crippen molar-refractivity contribution in [2.45, 2.75) is 32.4 Å². The Morgan fingerprint density at radius 1 is 1.12 bits per heavy atom. The van der Waals surface area contributed by atoms with E-state index in [2.05, 4.69) is 4.90 Å². The lowest BCUT2D eigenvalue weighted by Crippen LogP contribution is -2.29. The van der Waals surface area contributed by atoms with Crippen molar-refractivity contribution in [3.8, 4) is 0 Å². The average Bonchev–Trinajstić information content (AvgIpc) is 2.33. The van der Waals surface area contributed by atoms with Gasteiger partial charge in [-0.25, -0.2) is 4.39 Å². The maximum absolute atomic E-state index is 13.9. The van der Waals surface area contributed by atoms with Crippen LogP contribution in [0.2, 0.25) is 0 Å². The van der Waals surface area contributed by atoms with Gasteiger partial charge in [-0.15, -0.1) is 0 Å². The van der Waals surface area contributed by atoms with Crippen molar-refractivity contribution in [2.75, 3.05) is 13.1 Å². The number of piperidine rings is 1. The summed E-state index contributed by atoms with van der Waals surface area (Å²) in [5.74, 6) is -0.115. The van der Waals surface area contributed by atoms with Crippen molar-refractivity contribution in [3.05, 3.63) is 35.1 Å². The summed E-state index contributed by atoms with van der Waals surface area (Å²) < 4.78 is 13.9. The molecule has 1 saturated heterocycles. The molecule has 0 aromatic heterocycles. The molecular formula is C13H19FN2. The maximum Gasteiger partial charge on any atom is 0.132 e. The van der Waals surface area contributed by atoms with Crippen molar-refractivity contribution in [1.29, 1.82) is 0 Å². The van der Waals surface area contributed by atoms with Gasteiger partial charge in [0.1, 0.15) is 5.82 Å². The van der Waals surface area contributed by atoms with Crippen LogP contribution in [0.25, 0.3) is 0 Å². The summed E-state index contributed by atoms with van der Waals surface area (Å²) in [5, 5.41) is 0. The van der Waals surface area contributed by atoms with Crippen molar-refractivity contribution >= 4 is 0 Å². The first-order valence-corrected chi connectivity index (χ1v) is 6.00. The summed E-state index contributed by atoms with van der Waals surface area (Å²) in [6.45, 7) is 3.18. The van der Waals surface area contributed by atoms with Gasteiger partial charge < -0.3 is 5.73 Å². The summed E-state index contributed by atoms with van der Waals surface area (Å²) in [4.78, 5) is 2.32. The predicted molar refractivity (Wildman–Crippen MR) is 63.4 cm³/mol. The highest BCUT2D eigenvalue weighted by Crippen LogP contribution is 2.17. The van der Waals surface area contributed by atoms with Crippen molar-refractivity contribution < 1.29 is 4.39 Å². The predicted octanol–water partition coefficient (Wildman–Crippen LogP) is 2.27. The highest BCUT2D eigenvalue weighted by molar-refractivity contribution is 5.25. The van der Waals surface area contributed by atoms with Crippen LogP contribution >= 0.6 is 0 Å². The third-order valence-corrected chi connectivity index (χ3v) is 3.22. The molecule has 0 saturated carbocycles. The van der Waals surface area contributed by atoms with E-state index in [1.165, 1.54) is 19.3 Å². The Balaban J connectivity index is 2.08. The number of hydrogen-bond acceptors (Lipinski definition) is 2. The van der Waals surface area contributed by atoms with Crippen LogP contribution in [0.4, 0.5) is 4.39 Å². The fraction of sp³-hybridized carbons (Fsp3) is 0.538. The molecule has 2 rings (SSSR count). The highest BCUT2D eigenvalue weighted by atomic mass is 19.1. The smallest absolute Gasteiger partial charge is 0.132 e. The molecule has 0 unspecified atom stereocenters. The van der Waals surface area contributed by atoms with E-state index in [1.807, 2.05) is 12.1 Å². The molecule has 0 bridgehead atoms. The Bertz CT molecular complexity index is 346. The van der Waals surface area contributed by atoms with E-state index < -0.39 is 0 Å². The van der Waals surface area contributed by atoms with E-state index in [0.717, 1.165) is 25.2 Å². The molecule has 2 nitrogen and oxygen atoms in total. The highest BCUT2D eigenvalue weighted by Gasteiger charge is 2.13. The minimum Gasteiger partial charge on any atom is -0.326 e. The molecule has 0 aliphatic carbocycles. The van der Waals surface area contributed by atoms with E-state index >= 15 is 0 Å². The third-order valence-electron chi connectivity index (χ3n) is 3.22. The molecule has 16 heavy (non-hydrogen) atoms. The van der Waals surface area contributed by atoms with Crippen molar-refractivity contribution in [2.24, 2.45) is 5.73 Å². The van der Waals surface area contributed by atoms with Gasteiger partial charge in [-0.2, -0.15) is 0 Å². The number of rotatable bonds is 3. The monoisotopic (exact) mass is 222 g/mol. The zero-order valence-corrected chi connectivity index (χ0v) is 9.58. The summed E-state index contributed by atoms with van der Waals surface area (Å²) in [7, 11) is 0. The van der Waals surface area contributed by atoms with Crippen LogP contribution in [0.5, 0.6) is 0 Å². The molecule has 1 aromatic rings. The van der Waals surface area contributed by atoms with Crippen LogP contribution in [0.1, 0.15) is 30.4 Å².